The summed E-state index contributed by atoms with van der Waals surface area (Å²) in [6.07, 6.45) is 2.66. The molecule has 144 valence electrons. The van der Waals surface area contributed by atoms with E-state index in [9.17, 15) is 4.79 Å². The van der Waals surface area contributed by atoms with Gasteiger partial charge < -0.3 is 14.7 Å². The first kappa shape index (κ1) is 18.5. The van der Waals surface area contributed by atoms with Gasteiger partial charge in [-0.05, 0) is 61.2 Å². The van der Waals surface area contributed by atoms with Crippen LogP contribution in [-0.2, 0) is 6.42 Å². The zero-order valence-electron chi connectivity index (χ0n) is 15.6. The van der Waals surface area contributed by atoms with E-state index in [-0.39, 0.29) is 12.1 Å². The summed E-state index contributed by atoms with van der Waals surface area (Å²) in [7, 11) is 0. The molecule has 4 rings (SSSR count). The quantitative estimate of drug-likeness (QED) is 0.647. The first-order valence-corrected chi connectivity index (χ1v) is 9.78. The average Bonchev–Trinajstić information content (AvgIpc) is 3.38. The van der Waals surface area contributed by atoms with Crippen LogP contribution in [0.25, 0.3) is 11.4 Å². The number of likely N-dealkylation sites (tertiary alicyclic amines) is 1. The van der Waals surface area contributed by atoms with Gasteiger partial charge in [0.1, 0.15) is 6.04 Å². The Morgan fingerprint density at radius 3 is 2.68 bits per heavy atom. The number of hydrogen-bond acceptors (Lipinski definition) is 4. The molecule has 1 atom stereocenters. The van der Waals surface area contributed by atoms with Crippen molar-refractivity contribution in [2.45, 2.75) is 32.2 Å². The molecule has 1 fully saturated rings. The van der Waals surface area contributed by atoms with Gasteiger partial charge in [0.05, 0.1) is 0 Å². The Hall–Kier alpha value is -2.86. The lowest BCUT2D eigenvalue weighted by Gasteiger charge is -2.22. The van der Waals surface area contributed by atoms with Crippen LogP contribution in [0.15, 0.2) is 53.1 Å². The molecule has 6 nitrogen and oxygen atoms in total. The molecular formula is C21H21ClN4O2. The van der Waals surface area contributed by atoms with Crippen molar-refractivity contribution in [2.75, 3.05) is 11.9 Å². The van der Waals surface area contributed by atoms with Gasteiger partial charge in [-0.25, -0.2) is 4.79 Å². The van der Waals surface area contributed by atoms with Crippen molar-refractivity contribution >= 4 is 23.3 Å². The minimum absolute atomic E-state index is 0.155. The number of hydrogen-bond donors (Lipinski definition) is 1. The van der Waals surface area contributed by atoms with Gasteiger partial charge in [-0.15, -0.1) is 0 Å². The fraction of sp³-hybridized carbons (Fsp3) is 0.286. The molecule has 0 unspecified atom stereocenters. The third-order valence-corrected chi connectivity index (χ3v) is 5.21. The van der Waals surface area contributed by atoms with Gasteiger partial charge in [0.15, 0.2) is 0 Å². The summed E-state index contributed by atoms with van der Waals surface area (Å²) in [6.45, 7) is 2.76. The van der Waals surface area contributed by atoms with E-state index in [1.807, 2.05) is 36.4 Å². The molecule has 0 aliphatic carbocycles. The topological polar surface area (TPSA) is 71.3 Å². The van der Waals surface area contributed by atoms with E-state index in [1.165, 1.54) is 5.56 Å². The third-order valence-electron chi connectivity index (χ3n) is 4.96. The molecule has 1 aromatic heterocycles. The second-order valence-corrected chi connectivity index (χ2v) is 7.23. The Bertz CT molecular complexity index is 953. The third kappa shape index (κ3) is 3.87. The number of benzene rings is 2. The van der Waals surface area contributed by atoms with Crippen molar-refractivity contribution in [3.05, 3.63) is 65.0 Å². The zero-order chi connectivity index (χ0) is 19.5. The largest absolute Gasteiger partial charge is 0.337 e. The molecule has 2 amide bonds. The molecule has 3 aromatic rings. The molecule has 0 radical (unpaired) electrons. The summed E-state index contributed by atoms with van der Waals surface area (Å²) in [5, 5.41) is 7.68. The van der Waals surface area contributed by atoms with Gasteiger partial charge in [-0.3, -0.25) is 0 Å². The van der Waals surface area contributed by atoms with Crippen molar-refractivity contribution in [3.63, 3.8) is 0 Å². The number of rotatable bonds is 4. The standard InChI is InChI=1S/C21H21ClN4O2/c1-2-14-5-11-17(12-6-14)23-21(27)26-13-3-4-18(26)20-24-19(25-28-20)15-7-9-16(22)10-8-15/h5-12,18H,2-4,13H2,1H3,(H,23,27)/t18-/m0/s1. The monoisotopic (exact) mass is 396 g/mol. The molecular weight excluding hydrogens is 376 g/mol. The SMILES string of the molecule is CCc1ccc(NC(=O)N2CCC[C@H]2c2nc(-c3ccc(Cl)cc3)no2)cc1. The van der Waals surface area contributed by atoms with E-state index in [4.69, 9.17) is 16.1 Å². The van der Waals surface area contributed by atoms with E-state index in [0.29, 0.717) is 23.3 Å². The van der Waals surface area contributed by atoms with E-state index >= 15 is 0 Å². The minimum atomic E-state index is -0.219. The summed E-state index contributed by atoms with van der Waals surface area (Å²) >= 11 is 5.93. The molecule has 0 saturated carbocycles. The highest BCUT2D eigenvalue weighted by molar-refractivity contribution is 6.30. The van der Waals surface area contributed by atoms with E-state index in [0.717, 1.165) is 30.5 Å². The van der Waals surface area contributed by atoms with Gasteiger partial charge in [0.2, 0.25) is 11.7 Å². The lowest BCUT2D eigenvalue weighted by Crippen LogP contribution is -2.34. The number of anilines is 1. The van der Waals surface area contributed by atoms with E-state index < -0.39 is 0 Å². The number of urea groups is 1. The summed E-state index contributed by atoms with van der Waals surface area (Å²) in [4.78, 5) is 19.0. The van der Waals surface area contributed by atoms with E-state index in [1.54, 1.807) is 17.0 Å². The zero-order valence-corrected chi connectivity index (χ0v) is 16.3. The number of nitrogens with one attached hydrogen (secondary N) is 1. The normalized spacial score (nSPS) is 16.4. The van der Waals surface area contributed by atoms with Crippen molar-refractivity contribution < 1.29 is 9.32 Å². The van der Waals surface area contributed by atoms with Crippen molar-refractivity contribution in [3.8, 4) is 11.4 Å². The predicted octanol–water partition coefficient (Wildman–Crippen LogP) is 5.32. The second kappa shape index (κ2) is 8.02. The number of amides is 2. The smallest absolute Gasteiger partial charge is 0.322 e. The Morgan fingerprint density at radius 1 is 1.21 bits per heavy atom. The summed E-state index contributed by atoms with van der Waals surface area (Å²) in [5.74, 6) is 0.952. The van der Waals surface area contributed by atoms with Crippen LogP contribution in [0, 0.1) is 0 Å². The minimum Gasteiger partial charge on any atom is -0.337 e. The summed E-state index contributed by atoms with van der Waals surface area (Å²) < 4.78 is 5.48. The maximum absolute atomic E-state index is 12.8. The van der Waals surface area contributed by atoms with Gasteiger partial charge in [0, 0.05) is 22.8 Å². The lowest BCUT2D eigenvalue weighted by molar-refractivity contribution is 0.193. The number of carbonyl (C=O) groups is 1. The Labute approximate surface area is 168 Å². The highest BCUT2D eigenvalue weighted by Crippen LogP contribution is 2.32. The van der Waals surface area contributed by atoms with Crippen LogP contribution in [0.4, 0.5) is 10.5 Å². The number of nitrogens with zero attached hydrogens (tertiary/aromatic N) is 3. The van der Waals surface area contributed by atoms with Crippen LogP contribution in [-0.4, -0.2) is 27.6 Å². The Balaban J connectivity index is 1.48. The molecule has 0 spiro atoms. The molecule has 2 aromatic carbocycles. The van der Waals surface area contributed by atoms with Gasteiger partial charge in [-0.2, -0.15) is 4.98 Å². The molecule has 0 bridgehead atoms. The number of aromatic nitrogens is 2. The number of carbonyl (C=O) groups excluding carboxylic acids is 1. The average molecular weight is 397 g/mol. The molecule has 28 heavy (non-hydrogen) atoms. The predicted molar refractivity (Wildman–Crippen MR) is 108 cm³/mol. The number of halogens is 1. The van der Waals surface area contributed by atoms with Crippen LogP contribution in [0.3, 0.4) is 0 Å². The maximum Gasteiger partial charge on any atom is 0.322 e. The van der Waals surface area contributed by atoms with Crippen LogP contribution < -0.4 is 5.32 Å². The highest BCUT2D eigenvalue weighted by atomic mass is 35.5. The molecule has 1 N–H and O–H groups in total. The molecule has 2 heterocycles. The molecule has 1 aliphatic heterocycles. The summed E-state index contributed by atoms with van der Waals surface area (Å²) in [6, 6.07) is 14.8. The fourth-order valence-corrected chi connectivity index (χ4v) is 3.50. The van der Waals surface area contributed by atoms with Crippen molar-refractivity contribution in [2.24, 2.45) is 0 Å². The molecule has 1 saturated heterocycles. The Kier molecular flexibility index (Phi) is 5.30. The first-order chi connectivity index (χ1) is 13.6. The van der Waals surface area contributed by atoms with Crippen LogP contribution in [0.2, 0.25) is 5.02 Å². The van der Waals surface area contributed by atoms with Gasteiger partial charge >= 0.3 is 6.03 Å². The van der Waals surface area contributed by atoms with Crippen LogP contribution >= 0.6 is 11.6 Å². The molecule has 7 heteroatoms. The maximum atomic E-state index is 12.8. The lowest BCUT2D eigenvalue weighted by atomic mass is 10.1. The summed E-state index contributed by atoms with van der Waals surface area (Å²) in [5.41, 5.74) is 2.84. The van der Waals surface area contributed by atoms with Crippen molar-refractivity contribution in [1.82, 2.24) is 15.0 Å². The molecule has 1 aliphatic rings. The van der Waals surface area contributed by atoms with Crippen LogP contribution in [0.5, 0.6) is 0 Å². The Morgan fingerprint density at radius 2 is 1.96 bits per heavy atom. The van der Waals surface area contributed by atoms with Gasteiger partial charge in [0.25, 0.3) is 0 Å². The van der Waals surface area contributed by atoms with Crippen molar-refractivity contribution in [1.29, 1.82) is 0 Å². The fourth-order valence-electron chi connectivity index (χ4n) is 3.37. The number of aryl methyl sites for hydroxylation is 1. The highest BCUT2D eigenvalue weighted by Gasteiger charge is 2.34. The first-order valence-electron chi connectivity index (χ1n) is 9.40. The van der Waals surface area contributed by atoms with Gasteiger partial charge in [-0.1, -0.05) is 35.8 Å². The van der Waals surface area contributed by atoms with Crippen LogP contribution in [0.1, 0.15) is 37.3 Å². The van der Waals surface area contributed by atoms with E-state index in [2.05, 4.69) is 22.4 Å². The second-order valence-electron chi connectivity index (χ2n) is 6.80.